The molecule has 0 amide bonds. The molecular formula is C50H30N2O2. The Morgan fingerprint density at radius 2 is 0.889 bits per heavy atom. The van der Waals surface area contributed by atoms with Gasteiger partial charge in [-0.3, -0.25) is 9.13 Å². The zero-order valence-electron chi connectivity index (χ0n) is 29.0. The van der Waals surface area contributed by atoms with Gasteiger partial charge in [0, 0.05) is 65.8 Å². The highest BCUT2D eigenvalue weighted by Crippen LogP contribution is 2.46. The van der Waals surface area contributed by atoms with Crippen molar-refractivity contribution in [2.24, 2.45) is 0 Å². The second-order valence-corrected chi connectivity index (χ2v) is 14.0. The molecule has 0 unspecified atom stereocenters. The Hall–Kier alpha value is -7.30. The topological polar surface area (TPSA) is 36.1 Å². The third-order valence-electron chi connectivity index (χ3n) is 11.1. The molecule has 0 aliphatic carbocycles. The first-order valence-corrected chi connectivity index (χ1v) is 18.4. The van der Waals surface area contributed by atoms with E-state index in [-0.39, 0.29) is 0 Å². The van der Waals surface area contributed by atoms with Gasteiger partial charge in [0.25, 0.3) is 0 Å². The van der Waals surface area contributed by atoms with E-state index < -0.39 is 0 Å². The molecule has 12 aromatic rings. The van der Waals surface area contributed by atoms with E-state index >= 15 is 0 Å². The SMILES string of the molecule is c1ccc(-n2c3ccccc3c3c4cccc(-c5ccc6c(c5)oc5c(-c7cccc8c7oc7ccccc78)cccc56)c4n(-c4ccccc4)c32)cc1. The second-order valence-electron chi connectivity index (χ2n) is 14.0. The van der Waals surface area contributed by atoms with Gasteiger partial charge < -0.3 is 8.83 Å². The van der Waals surface area contributed by atoms with E-state index in [4.69, 9.17) is 8.83 Å². The quantitative estimate of drug-likeness (QED) is 0.184. The summed E-state index contributed by atoms with van der Waals surface area (Å²) in [6.07, 6.45) is 0. The maximum atomic E-state index is 6.88. The normalized spacial score (nSPS) is 12.1. The van der Waals surface area contributed by atoms with Gasteiger partial charge in [-0.2, -0.15) is 0 Å². The van der Waals surface area contributed by atoms with Crippen LogP contribution in [0.1, 0.15) is 0 Å². The van der Waals surface area contributed by atoms with Crippen molar-refractivity contribution in [3.63, 3.8) is 0 Å². The van der Waals surface area contributed by atoms with E-state index in [1.807, 2.05) is 12.1 Å². The highest BCUT2D eigenvalue weighted by Gasteiger charge is 2.24. The Morgan fingerprint density at radius 3 is 1.61 bits per heavy atom. The summed E-state index contributed by atoms with van der Waals surface area (Å²) in [6.45, 7) is 0. The number of para-hydroxylation sites is 7. The molecule has 0 bridgehead atoms. The first kappa shape index (κ1) is 29.3. The van der Waals surface area contributed by atoms with Gasteiger partial charge >= 0.3 is 0 Å². The lowest BCUT2D eigenvalue weighted by molar-refractivity contribution is 0.665. The monoisotopic (exact) mass is 690 g/mol. The van der Waals surface area contributed by atoms with Gasteiger partial charge in [0.05, 0.1) is 11.0 Å². The third-order valence-corrected chi connectivity index (χ3v) is 11.1. The Labute approximate surface area is 309 Å². The minimum atomic E-state index is 0.852. The van der Waals surface area contributed by atoms with Crippen molar-refractivity contribution < 1.29 is 8.83 Å². The number of hydrogen-bond acceptors (Lipinski definition) is 2. The fourth-order valence-electron chi connectivity index (χ4n) is 8.83. The van der Waals surface area contributed by atoms with Crippen molar-refractivity contribution in [2.45, 2.75) is 0 Å². The molecule has 4 heterocycles. The molecule has 4 heteroatoms. The Morgan fingerprint density at radius 1 is 0.352 bits per heavy atom. The van der Waals surface area contributed by atoms with Crippen LogP contribution in [-0.4, -0.2) is 9.13 Å². The summed E-state index contributed by atoms with van der Waals surface area (Å²) in [6, 6.07) is 64.6. The van der Waals surface area contributed by atoms with Crippen LogP contribution < -0.4 is 0 Å². The summed E-state index contributed by atoms with van der Waals surface area (Å²) >= 11 is 0. The standard InChI is InChI=1S/C50H30N2O2/c1-3-14-32(15-4-1)51-43-26-9-7-19-41(43)46-42-25-11-20-34(47(42)52(50(46)51)33-16-5-2-6-17-33)31-28-29-36-38-22-13-24-40(49(38)54-45(36)30-31)39-23-12-21-37-35-18-8-10-27-44(35)53-48(37)39/h1-30H. The fraction of sp³-hybridized carbons (Fsp3) is 0. The molecule has 0 aliphatic rings. The molecular weight excluding hydrogens is 661 g/mol. The zero-order chi connectivity index (χ0) is 35.3. The number of fused-ring (bicyclic) bond motifs is 11. The summed E-state index contributed by atoms with van der Waals surface area (Å²) in [5.41, 5.74) is 13.5. The maximum Gasteiger partial charge on any atom is 0.143 e. The smallest absolute Gasteiger partial charge is 0.143 e. The van der Waals surface area contributed by atoms with Crippen LogP contribution >= 0.6 is 0 Å². The lowest BCUT2D eigenvalue weighted by Gasteiger charge is -2.15. The molecule has 54 heavy (non-hydrogen) atoms. The first-order valence-electron chi connectivity index (χ1n) is 18.4. The molecule has 0 aliphatic heterocycles. The molecule has 252 valence electrons. The van der Waals surface area contributed by atoms with E-state index in [1.165, 1.54) is 21.7 Å². The van der Waals surface area contributed by atoms with Gasteiger partial charge in [-0.05, 0) is 54.1 Å². The predicted molar refractivity (Wildman–Crippen MR) is 223 cm³/mol. The van der Waals surface area contributed by atoms with Crippen LogP contribution in [0.4, 0.5) is 0 Å². The van der Waals surface area contributed by atoms with Crippen LogP contribution in [0.3, 0.4) is 0 Å². The van der Waals surface area contributed by atoms with Crippen molar-refractivity contribution in [2.75, 3.05) is 0 Å². The second kappa shape index (κ2) is 11.1. The van der Waals surface area contributed by atoms with Crippen LogP contribution in [0.15, 0.2) is 191 Å². The van der Waals surface area contributed by atoms with E-state index in [0.717, 1.165) is 88.7 Å². The van der Waals surface area contributed by atoms with Crippen molar-refractivity contribution in [1.82, 2.24) is 9.13 Å². The van der Waals surface area contributed by atoms with Crippen molar-refractivity contribution in [3.8, 4) is 33.6 Å². The molecule has 4 aromatic heterocycles. The zero-order valence-corrected chi connectivity index (χ0v) is 29.0. The number of furan rings is 2. The van der Waals surface area contributed by atoms with Crippen molar-refractivity contribution in [3.05, 3.63) is 182 Å². The van der Waals surface area contributed by atoms with E-state index in [9.17, 15) is 0 Å². The molecule has 8 aromatic carbocycles. The lowest BCUT2D eigenvalue weighted by Crippen LogP contribution is -2.02. The number of benzene rings is 8. The van der Waals surface area contributed by atoms with E-state index in [2.05, 4.69) is 179 Å². The highest BCUT2D eigenvalue weighted by molar-refractivity contribution is 6.25. The molecule has 0 saturated heterocycles. The first-order chi connectivity index (χ1) is 26.8. The van der Waals surface area contributed by atoms with Crippen LogP contribution in [0.5, 0.6) is 0 Å². The van der Waals surface area contributed by atoms with E-state index in [1.54, 1.807) is 0 Å². The molecule has 0 atom stereocenters. The number of nitrogens with zero attached hydrogens (tertiary/aromatic N) is 2. The average Bonchev–Trinajstić information content (AvgIpc) is 3.98. The number of aromatic nitrogens is 2. The maximum absolute atomic E-state index is 6.88. The van der Waals surface area contributed by atoms with Gasteiger partial charge in [0.15, 0.2) is 0 Å². The lowest BCUT2D eigenvalue weighted by atomic mass is 9.98. The number of hydrogen-bond donors (Lipinski definition) is 0. The molecule has 0 N–H and O–H groups in total. The minimum absolute atomic E-state index is 0.852. The summed E-state index contributed by atoms with van der Waals surface area (Å²) < 4.78 is 18.2. The molecule has 0 spiro atoms. The Bertz CT molecular complexity index is 3430. The summed E-state index contributed by atoms with van der Waals surface area (Å²) in [7, 11) is 0. The summed E-state index contributed by atoms with van der Waals surface area (Å²) in [5.74, 6) is 0. The van der Waals surface area contributed by atoms with Crippen LogP contribution in [-0.2, 0) is 0 Å². The minimum Gasteiger partial charge on any atom is -0.455 e. The molecule has 0 radical (unpaired) electrons. The van der Waals surface area contributed by atoms with Crippen molar-refractivity contribution in [1.29, 1.82) is 0 Å². The Kier molecular flexibility index (Phi) is 6.02. The van der Waals surface area contributed by atoms with Gasteiger partial charge in [0.1, 0.15) is 28.0 Å². The average molecular weight is 691 g/mol. The summed E-state index contributed by atoms with van der Waals surface area (Å²) in [5, 5.41) is 8.08. The highest BCUT2D eigenvalue weighted by atomic mass is 16.3. The van der Waals surface area contributed by atoms with Crippen LogP contribution in [0, 0.1) is 0 Å². The number of rotatable bonds is 4. The largest absolute Gasteiger partial charge is 0.455 e. The van der Waals surface area contributed by atoms with Gasteiger partial charge in [-0.25, -0.2) is 0 Å². The molecule has 4 nitrogen and oxygen atoms in total. The van der Waals surface area contributed by atoms with Crippen LogP contribution in [0.2, 0.25) is 0 Å². The fourth-order valence-corrected chi connectivity index (χ4v) is 8.83. The third kappa shape index (κ3) is 4.02. The molecule has 0 fully saturated rings. The van der Waals surface area contributed by atoms with Crippen LogP contribution in [0.25, 0.3) is 110 Å². The molecule has 0 saturated carbocycles. The predicted octanol–water partition coefficient (Wildman–Crippen LogP) is 13.9. The van der Waals surface area contributed by atoms with Gasteiger partial charge in [-0.1, -0.05) is 133 Å². The summed E-state index contributed by atoms with van der Waals surface area (Å²) in [4.78, 5) is 0. The van der Waals surface area contributed by atoms with E-state index in [0.29, 0.717) is 0 Å². The van der Waals surface area contributed by atoms with Gasteiger partial charge in [-0.15, -0.1) is 0 Å². The molecule has 12 rings (SSSR count). The van der Waals surface area contributed by atoms with Gasteiger partial charge in [0.2, 0.25) is 0 Å². The van der Waals surface area contributed by atoms with Crippen molar-refractivity contribution >= 4 is 76.7 Å². The Balaban J connectivity index is 1.13.